The van der Waals surface area contributed by atoms with Gasteiger partial charge in [0.1, 0.15) is 5.82 Å². The Morgan fingerprint density at radius 3 is 3.07 bits per heavy atom. The smallest absolute Gasteiger partial charge is 0.106 e. The molecule has 2 heterocycles. The lowest BCUT2D eigenvalue weighted by Crippen LogP contribution is -2.01. The molecule has 15 heavy (non-hydrogen) atoms. The van der Waals surface area contributed by atoms with E-state index in [0.29, 0.717) is 6.54 Å². The van der Waals surface area contributed by atoms with Crippen molar-refractivity contribution in [1.82, 2.24) is 9.97 Å². The number of rotatable bonds is 4. The van der Waals surface area contributed by atoms with Gasteiger partial charge in [-0.05, 0) is 35.0 Å². The summed E-state index contributed by atoms with van der Waals surface area (Å²) in [7, 11) is 0. The highest BCUT2D eigenvalue weighted by atomic mass is 79.9. The van der Waals surface area contributed by atoms with Gasteiger partial charge < -0.3 is 10.7 Å². The lowest BCUT2D eigenvalue weighted by Gasteiger charge is -1.93. The Bertz CT molecular complexity index is 435. The molecule has 3 nitrogen and oxygen atoms in total. The zero-order valence-electron chi connectivity index (χ0n) is 8.16. The fourth-order valence-electron chi connectivity index (χ4n) is 1.34. The molecular formula is C10H12BrN3S. The number of imidazole rings is 1. The number of aromatic nitrogens is 2. The number of nitrogens with zero attached hydrogens (tertiary/aromatic N) is 1. The number of H-pyrrole nitrogens is 1. The molecule has 0 saturated carbocycles. The number of nitrogens with two attached hydrogens (primary N) is 1. The second kappa shape index (κ2) is 4.92. The van der Waals surface area contributed by atoms with Crippen molar-refractivity contribution in [3.8, 4) is 10.6 Å². The summed E-state index contributed by atoms with van der Waals surface area (Å²) in [4.78, 5) is 8.82. The highest BCUT2D eigenvalue weighted by Gasteiger charge is 2.05. The van der Waals surface area contributed by atoms with Crippen LogP contribution >= 0.6 is 27.3 Å². The normalized spacial score (nSPS) is 10.8. The Morgan fingerprint density at radius 2 is 2.40 bits per heavy atom. The summed E-state index contributed by atoms with van der Waals surface area (Å²) in [5.41, 5.74) is 6.53. The van der Waals surface area contributed by atoms with Crippen LogP contribution < -0.4 is 5.73 Å². The summed E-state index contributed by atoms with van der Waals surface area (Å²) in [6.45, 7) is 0.709. The van der Waals surface area contributed by atoms with Gasteiger partial charge in [-0.25, -0.2) is 4.98 Å². The minimum absolute atomic E-state index is 0.709. The summed E-state index contributed by atoms with van der Waals surface area (Å²) < 4.78 is 1.11. The largest absolute Gasteiger partial charge is 0.341 e. The van der Waals surface area contributed by atoms with Crippen molar-refractivity contribution in [2.75, 3.05) is 6.54 Å². The van der Waals surface area contributed by atoms with Gasteiger partial charge in [0.25, 0.3) is 0 Å². The van der Waals surface area contributed by atoms with E-state index in [1.165, 1.54) is 4.88 Å². The van der Waals surface area contributed by atoms with Gasteiger partial charge in [-0.1, -0.05) is 0 Å². The molecule has 2 rings (SSSR count). The van der Waals surface area contributed by atoms with E-state index in [1.807, 2.05) is 6.20 Å². The van der Waals surface area contributed by atoms with E-state index < -0.39 is 0 Å². The minimum Gasteiger partial charge on any atom is -0.341 e. The molecule has 0 amide bonds. The van der Waals surface area contributed by atoms with Crippen molar-refractivity contribution >= 4 is 27.3 Å². The van der Waals surface area contributed by atoms with E-state index in [1.54, 1.807) is 11.3 Å². The van der Waals surface area contributed by atoms with Crippen LogP contribution in [-0.2, 0) is 6.42 Å². The average Bonchev–Trinajstić information content (AvgIpc) is 2.83. The maximum atomic E-state index is 5.45. The molecule has 5 heteroatoms. The minimum atomic E-state index is 0.709. The Hall–Kier alpha value is -0.650. The Morgan fingerprint density at radius 1 is 1.53 bits per heavy atom. The monoisotopic (exact) mass is 285 g/mol. The zero-order valence-corrected chi connectivity index (χ0v) is 10.6. The molecule has 0 aliphatic rings. The van der Waals surface area contributed by atoms with Gasteiger partial charge in [-0.3, -0.25) is 0 Å². The molecule has 0 fully saturated rings. The van der Waals surface area contributed by atoms with E-state index in [4.69, 9.17) is 5.73 Å². The van der Waals surface area contributed by atoms with E-state index in [2.05, 4.69) is 37.3 Å². The van der Waals surface area contributed by atoms with Crippen molar-refractivity contribution in [2.45, 2.75) is 12.8 Å². The van der Waals surface area contributed by atoms with Gasteiger partial charge in [0.05, 0.1) is 16.8 Å². The number of hydrogen-bond donors (Lipinski definition) is 2. The molecule has 80 valence electrons. The second-order valence-corrected chi connectivity index (χ2v) is 5.09. The van der Waals surface area contributed by atoms with E-state index in [0.717, 1.165) is 28.8 Å². The van der Waals surface area contributed by atoms with Crippen LogP contribution in [-0.4, -0.2) is 16.5 Å². The molecule has 0 aliphatic carbocycles. The number of aryl methyl sites for hydroxylation is 1. The van der Waals surface area contributed by atoms with Crippen molar-refractivity contribution in [1.29, 1.82) is 0 Å². The van der Waals surface area contributed by atoms with Crippen LogP contribution in [0.15, 0.2) is 22.1 Å². The molecule has 0 bridgehead atoms. The van der Waals surface area contributed by atoms with Crippen LogP contribution in [0.2, 0.25) is 0 Å². The predicted molar refractivity (Wildman–Crippen MR) is 67.0 cm³/mol. The van der Waals surface area contributed by atoms with Gasteiger partial charge in [0.2, 0.25) is 0 Å². The van der Waals surface area contributed by atoms with E-state index >= 15 is 0 Å². The molecule has 0 saturated heterocycles. The summed E-state index contributed by atoms with van der Waals surface area (Å²) in [5.74, 6) is 1.01. The third-order valence-corrected chi connectivity index (χ3v) is 3.80. The maximum absolute atomic E-state index is 5.45. The number of aromatic amines is 1. The molecule has 2 aromatic rings. The molecular weight excluding hydrogens is 274 g/mol. The summed E-state index contributed by atoms with van der Waals surface area (Å²) in [6, 6.07) is 2.09. The first-order valence-electron chi connectivity index (χ1n) is 4.78. The summed E-state index contributed by atoms with van der Waals surface area (Å²) >= 11 is 5.13. The van der Waals surface area contributed by atoms with Crippen LogP contribution in [0.5, 0.6) is 0 Å². The fourth-order valence-corrected chi connectivity index (χ4v) is 2.73. The molecule has 0 aliphatic heterocycles. The van der Waals surface area contributed by atoms with Gasteiger partial charge in [-0.2, -0.15) is 0 Å². The first kappa shape index (κ1) is 10.9. The highest BCUT2D eigenvalue weighted by Crippen LogP contribution is 2.28. The van der Waals surface area contributed by atoms with E-state index in [9.17, 15) is 0 Å². The maximum Gasteiger partial charge on any atom is 0.106 e. The summed E-state index contributed by atoms with van der Waals surface area (Å²) in [6.07, 6.45) is 3.77. The molecule has 0 aromatic carbocycles. The van der Waals surface area contributed by atoms with Crippen molar-refractivity contribution in [3.63, 3.8) is 0 Å². The zero-order chi connectivity index (χ0) is 10.7. The molecule has 0 atom stereocenters. The third kappa shape index (κ3) is 2.68. The van der Waals surface area contributed by atoms with Crippen molar-refractivity contribution in [2.24, 2.45) is 5.73 Å². The lowest BCUT2D eigenvalue weighted by molar-refractivity contribution is 0.794. The molecule has 2 aromatic heterocycles. The van der Waals surface area contributed by atoms with Crippen LogP contribution in [0.4, 0.5) is 0 Å². The molecule has 0 spiro atoms. The number of halogens is 1. The van der Waals surface area contributed by atoms with Crippen LogP contribution in [0, 0.1) is 0 Å². The molecule has 0 unspecified atom stereocenters. The Labute approximate surface area is 101 Å². The van der Waals surface area contributed by atoms with Crippen LogP contribution in [0.1, 0.15) is 12.2 Å². The summed E-state index contributed by atoms with van der Waals surface area (Å²) in [5, 5.41) is 2.07. The quantitative estimate of drug-likeness (QED) is 0.908. The van der Waals surface area contributed by atoms with Crippen LogP contribution in [0.25, 0.3) is 10.6 Å². The van der Waals surface area contributed by atoms with Gasteiger partial charge in [0, 0.05) is 16.3 Å². The number of nitrogens with one attached hydrogen (secondary N) is 1. The first-order chi connectivity index (χ1) is 7.29. The SMILES string of the molecule is NCCCc1ncc(-c2cc(Br)cs2)[nH]1. The lowest BCUT2D eigenvalue weighted by atomic mass is 10.3. The topological polar surface area (TPSA) is 54.7 Å². The van der Waals surface area contributed by atoms with Gasteiger partial charge in [0.15, 0.2) is 0 Å². The average molecular weight is 286 g/mol. The third-order valence-electron chi connectivity index (χ3n) is 2.08. The van der Waals surface area contributed by atoms with E-state index in [-0.39, 0.29) is 0 Å². The highest BCUT2D eigenvalue weighted by molar-refractivity contribution is 9.10. The van der Waals surface area contributed by atoms with Gasteiger partial charge in [-0.15, -0.1) is 11.3 Å². The van der Waals surface area contributed by atoms with Crippen LogP contribution in [0.3, 0.4) is 0 Å². The fraction of sp³-hybridized carbons (Fsp3) is 0.300. The van der Waals surface area contributed by atoms with Crippen molar-refractivity contribution < 1.29 is 0 Å². The van der Waals surface area contributed by atoms with Crippen molar-refractivity contribution in [3.05, 3.63) is 27.9 Å². The van der Waals surface area contributed by atoms with Gasteiger partial charge >= 0.3 is 0 Å². The molecule has 3 N–H and O–H groups in total. The standard InChI is InChI=1S/C10H12BrN3S/c11-7-4-9(15-6-7)8-5-13-10(14-8)2-1-3-12/h4-6H,1-3,12H2,(H,13,14). The number of thiophene rings is 1. The second-order valence-electron chi connectivity index (χ2n) is 3.26. The number of hydrogen-bond acceptors (Lipinski definition) is 3. The first-order valence-corrected chi connectivity index (χ1v) is 6.45. The predicted octanol–water partition coefficient (Wildman–Crippen LogP) is 2.79. The Kier molecular flexibility index (Phi) is 3.56. The Balaban J connectivity index is 2.13. The molecule has 0 radical (unpaired) electrons.